The van der Waals surface area contributed by atoms with Gasteiger partial charge in [0.2, 0.25) is 10.6 Å². The highest BCUT2D eigenvalue weighted by Crippen LogP contribution is 1.90. The second-order valence-corrected chi connectivity index (χ2v) is 3.34. The van der Waals surface area contributed by atoms with E-state index >= 15 is 0 Å². The first-order chi connectivity index (χ1) is 7.99. The van der Waals surface area contributed by atoms with E-state index in [9.17, 15) is 10.4 Å². The standard InChI is InChI=1S/C6H15ClN6O4/c1-10(2)12(14)8-16-6-17-9-13(15)11(3)5-4-7/h4-6H2,1-3H3. The highest BCUT2D eigenvalue weighted by molar-refractivity contribution is 6.18. The molecule has 0 N–H and O–H groups in total. The van der Waals surface area contributed by atoms with Crippen molar-refractivity contribution in [1.29, 1.82) is 0 Å². The molecule has 0 saturated heterocycles. The summed E-state index contributed by atoms with van der Waals surface area (Å²) in [6, 6.07) is 0. The van der Waals surface area contributed by atoms with Crippen molar-refractivity contribution in [1.82, 2.24) is 10.0 Å². The minimum Gasteiger partial charge on any atom is -0.569 e. The Labute approximate surface area is 103 Å². The van der Waals surface area contributed by atoms with Crippen molar-refractivity contribution in [2.24, 2.45) is 10.6 Å². The third-order valence-corrected chi connectivity index (χ3v) is 1.57. The number of alkyl halides is 1. The normalized spacial score (nSPS) is 12.2. The smallest absolute Gasteiger partial charge is 0.292 e. The summed E-state index contributed by atoms with van der Waals surface area (Å²) in [5.74, 6) is 0.282. The average molecular weight is 271 g/mol. The van der Waals surface area contributed by atoms with E-state index in [0.29, 0.717) is 6.54 Å². The minimum atomic E-state index is -0.458. The Bertz CT molecular complexity index is 273. The molecule has 17 heavy (non-hydrogen) atoms. The topological polar surface area (TPSA) is 102 Å². The van der Waals surface area contributed by atoms with Gasteiger partial charge in [-0.25, -0.2) is 0 Å². The first kappa shape index (κ1) is 15.3. The van der Waals surface area contributed by atoms with Crippen LogP contribution >= 0.6 is 11.6 Å². The van der Waals surface area contributed by atoms with Gasteiger partial charge in [-0.3, -0.25) is 9.68 Å². The molecule has 0 aliphatic carbocycles. The Morgan fingerprint density at radius 2 is 1.65 bits per heavy atom. The molecule has 0 amide bonds. The molecule has 100 valence electrons. The summed E-state index contributed by atoms with van der Waals surface area (Å²) in [4.78, 5) is 9.26. The molecule has 0 spiro atoms. The van der Waals surface area contributed by atoms with E-state index in [4.69, 9.17) is 11.6 Å². The van der Waals surface area contributed by atoms with Gasteiger partial charge in [-0.15, -0.1) is 16.6 Å². The van der Waals surface area contributed by atoms with E-state index < -0.39 is 6.79 Å². The van der Waals surface area contributed by atoms with Gasteiger partial charge < -0.3 is 10.4 Å². The molecule has 0 aliphatic heterocycles. The quantitative estimate of drug-likeness (QED) is 0.157. The third-order valence-electron chi connectivity index (χ3n) is 1.40. The van der Waals surface area contributed by atoms with Gasteiger partial charge in [0.15, 0.2) is 0 Å². The Kier molecular flexibility index (Phi) is 7.59. The zero-order valence-electron chi connectivity index (χ0n) is 9.82. The third kappa shape index (κ3) is 7.22. The van der Waals surface area contributed by atoms with Crippen LogP contribution in [0.1, 0.15) is 0 Å². The van der Waals surface area contributed by atoms with Crippen LogP contribution in [-0.4, -0.2) is 60.3 Å². The molecule has 11 heteroatoms. The van der Waals surface area contributed by atoms with Gasteiger partial charge in [0.25, 0.3) is 6.79 Å². The maximum atomic E-state index is 11.1. The Morgan fingerprint density at radius 3 is 2.12 bits per heavy atom. The van der Waals surface area contributed by atoms with Crippen LogP contribution in [0.3, 0.4) is 0 Å². The first-order valence-corrected chi connectivity index (χ1v) is 5.07. The molecule has 0 aromatic rings. The van der Waals surface area contributed by atoms with Gasteiger partial charge in [-0.1, -0.05) is 0 Å². The van der Waals surface area contributed by atoms with E-state index in [2.05, 4.69) is 20.2 Å². The fourth-order valence-corrected chi connectivity index (χ4v) is 0.757. The summed E-state index contributed by atoms with van der Waals surface area (Å²) in [7, 11) is 4.44. The number of hydrogen-bond donors (Lipinski definition) is 0. The van der Waals surface area contributed by atoms with Crippen LogP contribution in [0.2, 0.25) is 0 Å². The van der Waals surface area contributed by atoms with Crippen LogP contribution in [-0.2, 0) is 9.68 Å². The molecule has 0 aromatic carbocycles. The zero-order valence-corrected chi connectivity index (χ0v) is 10.6. The van der Waals surface area contributed by atoms with Crippen LogP contribution in [0, 0.1) is 10.4 Å². The number of halogens is 1. The van der Waals surface area contributed by atoms with Gasteiger partial charge in [0.05, 0.1) is 37.6 Å². The summed E-state index contributed by atoms with van der Waals surface area (Å²) in [6.07, 6.45) is 0. The van der Waals surface area contributed by atoms with Crippen molar-refractivity contribution in [2.45, 2.75) is 0 Å². The largest absolute Gasteiger partial charge is 0.569 e. The van der Waals surface area contributed by atoms with Crippen molar-refractivity contribution in [3.05, 3.63) is 10.4 Å². The molecule has 0 rings (SSSR count). The van der Waals surface area contributed by atoms with Crippen LogP contribution in [0.5, 0.6) is 0 Å². The molecule has 0 radical (unpaired) electrons. The van der Waals surface area contributed by atoms with Crippen molar-refractivity contribution >= 4 is 11.6 Å². The Balaban J connectivity index is 3.83. The molecular weight excluding hydrogens is 256 g/mol. The summed E-state index contributed by atoms with van der Waals surface area (Å²) < 4.78 is 0. The fourth-order valence-electron chi connectivity index (χ4n) is 0.513. The summed E-state index contributed by atoms with van der Waals surface area (Å²) in [5.41, 5.74) is 0. The number of nitrogens with zero attached hydrogens (tertiary/aromatic N) is 6. The van der Waals surface area contributed by atoms with Crippen LogP contribution in [0.15, 0.2) is 10.6 Å². The number of rotatable bonds is 8. The minimum absolute atomic E-state index is 0.192. The zero-order chi connectivity index (χ0) is 13.3. The first-order valence-electron chi connectivity index (χ1n) is 4.53. The lowest BCUT2D eigenvalue weighted by Gasteiger charge is -2.10. The van der Waals surface area contributed by atoms with E-state index in [1.165, 1.54) is 26.2 Å². The predicted molar refractivity (Wildman–Crippen MR) is 56.2 cm³/mol. The van der Waals surface area contributed by atoms with E-state index in [1.807, 2.05) is 0 Å². The van der Waals surface area contributed by atoms with Crippen LogP contribution in [0.4, 0.5) is 0 Å². The summed E-state index contributed by atoms with van der Waals surface area (Å²) >= 11 is 5.41. The molecule has 0 bridgehead atoms. The van der Waals surface area contributed by atoms with Crippen LogP contribution in [0.25, 0.3) is 0 Å². The molecule has 0 saturated carbocycles. The second kappa shape index (κ2) is 8.44. The maximum absolute atomic E-state index is 11.1. The van der Waals surface area contributed by atoms with Crippen molar-refractivity contribution in [3.63, 3.8) is 0 Å². The monoisotopic (exact) mass is 270 g/mol. The van der Waals surface area contributed by atoms with Gasteiger partial charge in [-0.2, -0.15) is 5.01 Å². The predicted octanol–water partition coefficient (Wildman–Crippen LogP) is 0.294. The molecule has 0 aliphatic rings. The Hall–Kier alpha value is -1.71. The van der Waals surface area contributed by atoms with Gasteiger partial charge in [0, 0.05) is 5.88 Å². The molecule has 10 nitrogen and oxygen atoms in total. The van der Waals surface area contributed by atoms with Crippen molar-refractivity contribution in [2.75, 3.05) is 40.4 Å². The summed E-state index contributed by atoms with van der Waals surface area (Å²) in [5, 5.41) is 30.4. The fraction of sp³-hybridized carbons (Fsp3) is 1.00. The maximum Gasteiger partial charge on any atom is 0.292 e. The molecule has 0 fully saturated rings. The Morgan fingerprint density at radius 1 is 1.12 bits per heavy atom. The number of hydrogen-bond acceptors (Lipinski definition) is 6. The highest BCUT2D eigenvalue weighted by atomic mass is 35.5. The van der Waals surface area contributed by atoms with Crippen LogP contribution < -0.4 is 0 Å². The lowest BCUT2D eigenvalue weighted by Crippen LogP contribution is -2.28. The lowest BCUT2D eigenvalue weighted by molar-refractivity contribution is -0.710. The van der Waals surface area contributed by atoms with Gasteiger partial charge in [0.1, 0.15) is 0 Å². The van der Waals surface area contributed by atoms with E-state index in [1.54, 1.807) is 0 Å². The molecule has 0 unspecified atom stereocenters. The van der Waals surface area contributed by atoms with Crippen molar-refractivity contribution < 1.29 is 19.6 Å². The van der Waals surface area contributed by atoms with E-state index in [-0.39, 0.29) is 15.8 Å². The van der Waals surface area contributed by atoms with E-state index in [0.717, 1.165) is 5.01 Å². The molecular formula is C6H15ClN6O4. The molecule has 0 atom stereocenters. The van der Waals surface area contributed by atoms with Gasteiger partial charge in [-0.05, 0) is 0 Å². The second-order valence-electron chi connectivity index (χ2n) is 2.96. The molecule has 0 heterocycles. The molecule has 0 aromatic heterocycles. The summed E-state index contributed by atoms with van der Waals surface area (Å²) in [6.45, 7) is -0.141. The lowest BCUT2D eigenvalue weighted by atomic mass is 10.7. The SMILES string of the molecule is CN(C)[N+]([O-])=NOCON=[N+]([O-])N(C)CCCl. The highest BCUT2D eigenvalue weighted by Gasteiger charge is 2.04. The van der Waals surface area contributed by atoms with Crippen molar-refractivity contribution in [3.8, 4) is 0 Å². The number of hydrazine groups is 2. The average Bonchev–Trinajstić information content (AvgIpc) is 2.28. The van der Waals surface area contributed by atoms with Gasteiger partial charge >= 0.3 is 0 Å².